The number of carbonyl (C=O) groups excluding carboxylic acids is 1. The van der Waals surface area contributed by atoms with Gasteiger partial charge in [-0.3, -0.25) is 10.1 Å². The van der Waals surface area contributed by atoms with Crippen molar-refractivity contribution in [2.75, 3.05) is 0 Å². The highest BCUT2D eigenvalue weighted by atomic mass is 19.4. The zero-order chi connectivity index (χ0) is 32.6. The third-order valence-electron chi connectivity index (χ3n) is 8.20. The molecule has 6 aromatic carbocycles. The van der Waals surface area contributed by atoms with E-state index in [9.17, 15) is 23.1 Å². The van der Waals surface area contributed by atoms with Gasteiger partial charge >= 0.3 is 6.18 Å². The van der Waals surface area contributed by atoms with E-state index in [1.807, 2.05) is 42.5 Å². The number of rotatable bonds is 6. The number of hydrogen-bond donors (Lipinski definition) is 3. The fourth-order valence-electron chi connectivity index (χ4n) is 5.79. The lowest BCUT2D eigenvalue weighted by molar-refractivity contribution is -0.137. The first-order chi connectivity index (χ1) is 22.7. The number of carbonyl (C=O) groups is 1. The Labute approximate surface area is 268 Å². The van der Waals surface area contributed by atoms with E-state index in [1.165, 1.54) is 18.2 Å². The standard InChI is InChI=1S/C39H27F3N2O3/c40-39(41,42)32-22-18-27(19-23-32)35-37(43-36(46)28-9-2-1-3-10-28)47-38(44-35,33-12-6-7-13-34(33)45)31-20-16-26(17-21-31)30-15-14-25-8-4-5-11-29(25)24-30/h1-24,44-45H,(H,43,46). The molecule has 232 valence electrons. The summed E-state index contributed by atoms with van der Waals surface area (Å²) >= 11 is 0. The highest BCUT2D eigenvalue weighted by Gasteiger charge is 2.46. The molecule has 47 heavy (non-hydrogen) atoms. The van der Waals surface area contributed by atoms with Crippen LogP contribution in [0, 0.1) is 0 Å². The number of para-hydroxylation sites is 1. The average Bonchev–Trinajstić information content (AvgIpc) is 3.48. The van der Waals surface area contributed by atoms with E-state index in [0.717, 1.165) is 34.0 Å². The first-order valence-electron chi connectivity index (χ1n) is 14.8. The number of benzene rings is 6. The number of hydrogen-bond acceptors (Lipinski definition) is 4. The average molecular weight is 629 g/mol. The molecule has 0 aromatic heterocycles. The van der Waals surface area contributed by atoms with E-state index < -0.39 is 23.4 Å². The molecule has 7 rings (SSSR count). The van der Waals surface area contributed by atoms with Crippen LogP contribution in [0.1, 0.15) is 32.6 Å². The van der Waals surface area contributed by atoms with Crippen molar-refractivity contribution in [2.24, 2.45) is 0 Å². The van der Waals surface area contributed by atoms with Gasteiger partial charge in [0.2, 0.25) is 11.6 Å². The van der Waals surface area contributed by atoms with Crippen molar-refractivity contribution in [1.82, 2.24) is 10.6 Å². The predicted molar refractivity (Wildman–Crippen MR) is 175 cm³/mol. The fourth-order valence-corrected chi connectivity index (χ4v) is 5.79. The van der Waals surface area contributed by atoms with Crippen LogP contribution < -0.4 is 10.6 Å². The molecule has 1 atom stereocenters. The van der Waals surface area contributed by atoms with Crippen molar-refractivity contribution >= 4 is 22.4 Å². The Morgan fingerprint density at radius 1 is 0.681 bits per heavy atom. The van der Waals surface area contributed by atoms with Gasteiger partial charge in [-0.25, -0.2) is 0 Å². The Morgan fingerprint density at radius 3 is 2.00 bits per heavy atom. The molecule has 1 heterocycles. The van der Waals surface area contributed by atoms with Gasteiger partial charge in [0.25, 0.3) is 5.91 Å². The quantitative estimate of drug-likeness (QED) is 0.172. The molecule has 0 radical (unpaired) electrons. The van der Waals surface area contributed by atoms with Crippen LogP contribution >= 0.6 is 0 Å². The van der Waals surface area contributed by atoms with E-state index in [0.29, 0.717) is 22.3 Å². The Bertz CT molecular complexity index is 2130. The number of phenols is 1. The summed E-state index contributed by atoms with van der Waals surface area (Å²) in [4.78, 5) is 13.4. The van der Waals surface area contributed by atoms with Gasteiger partial charge in [0.05, 0.1) is 11.1 Å². The lowest BCUT2D eigenvalue weighted by atomic mass is 9.91. The maximum Gasteiger partial charge on any atom is 0.416 e. The maximum atomic E-state index is 13.4. The number of alkyl halides is 3. The van der Waals surface area contributed by atoms with Gasteiger partial charge in [0.15, 0.2) is 0 Å². The molecule has 0 bridgehead atoms. The summed E-state index contributed by atoms with van der Waals surface area (Å²) in [7, 11) is 0. The minimum absolute atomic E-state index is 0.0135. The summed E-state index contributed by atoms with van der Waals surface area (Å²) in [5.74, 6) is -0.576. The second-order valence-electron chi connectivity index (χ2n) is 11.2. The molecule has 3 N–H and O–H groups in total. The summed E-state index contributed by atoms with van der Waals surface area (Å²) in [6.45, 7) is 0. The number of amides is 1. The molecule has 0 saturated heterocycles. The highest BCUT2D eigenvalue weighted by molar-refractivity contribution is 5.96. The van der Waals surface area contributed by atoms with E-state index in [2.05, 4.69) is 34.9 Å². The monoisotopic (exact) mass is 628 g/mol. The maximum absolute atomic E-state index is 13.4. The van der Waals surface area contributed by atoms with Crippen molar-refractivity contribution in [3.05, 3.63) is 179 Å². The second-order valence-corrected chi connectivity index (χ2v) is 11.2. The van der Waals surface area contributed by atoms with Crippen molar-refractivity contribution in [1.29, 1.82) is 0 Å². The topological polar surface area (TPSA) is 70.6 Å². The number of aromatic hydroxyl groups is 1. The molecule has 6 aromatic rings. The highest BCUT2D eigenvalue weighted by Crippen LogP contribution is 2.45. The van der Waals surface area contributed by atoms with Crippen LogP contribution in [-0.2, 0) is 16.6 Å². The molecule has 0 saturated carbocycles. The summed E-state index contributed by atoms with van der Waals surface area (Å²) in [6.07, 6.45) is -4.52. The Kier molecular flexibility index (Phi) is 7.40. The zero-order valence-electron chi connectivity index (χ0n) is 24.8. The molecular formula is C39H27F3N2O3. The predicted octanol–water partition coefficient (Wildman–Crippen LogP) is 8.81. The lowest BCUT2D eigenvalue weighted by Gasteiger charge is -2.32. The number of ether oxygens (including phenoxy) is 1. The fraction of sp³-hybridized carbons (Fsp3) is 0.0513. The molecule has 8 heteroatoms. The Balaban J connectivity index is 1.33. The molecule has 1 aliphatic heterocycles. The Hall–Kier alpha value is -6.02. The van der Waals surface area contributed by atoms with Crippen LogP contribution in [-0.4, -0.2) is 11.0 Å². The number of fused-ring (bicyclic) bond motifs is 1. The lowest BCUT2D eigenvalue weighted by Crippen LogP contribution is -2.40. The van der Waals surface area contributed by atoms with Crippen molar-refractivity contribution in [3.8, 4) is 16.9 Å². The van der Waals surface area contributed by atoms with Gasteiger partial charge in [-0.15, -0.1) is 0 Å². The smallest absolute Gasteiger partial charge is 0.416 e. The van der Waals surface area contributed by atoms with Gasteiger partial charge in [0, 0.05) is 16.7 Å². The van der Waals surface area contributed by atoms with Crippen LogP contribution in [0.5, 0.6) is 5.75 Å². The molecule has 0 fully saturated rings. The van der Waals surface area contributed by atoms with Crippen LogP contribution in [0.3, 0.4) is 0 Å². The van der Waals surface area contributed by atoms with Gasteiger partial charge in [-0.05, 0) is 64.4 Å². The first kappa shape index (κ1) is 29.7. The summed E-state index contributed by atoms with van der Waals surface area (Å²) in [5, 5.41) is 19.5. The van der Waals surface area contributed by atoms with Crippen molar-refractivity contribution < 1.29 is 27.8 Å². The number of phenolic OH excluding ortho intramolecular Hbond substituents is 1. The van der Waals surface area contributed by atoms with Crippen molar-refractivity contribution in [3.63, 3.8) is 0 Å². The molecule has 0 aliphatic carbocycles. The van der Waals surface area contributed by atoms with Crippen LogP contribution in [0.2, 0.25) is 0 Å². The zero-order valence-corrected chi connectivity index (χ0v) is 24.8. The second kappa shape index (κ2) is 11.7. The summed E-state index contributed by atoms with van der Waals surface area (Å²) in [5.41, 5.74) is 1.43. The van der Waals surface area contributed by atoms with Gasteiger partial charge in [0.1, 0.15) is 11.4 Å². The Morgan fingerprint density at radius 2 is 1.30 bits per heavy atom. The normalized spacial score (nSPS) is 16.1. The summed E-state index contributed by atoms with van der Waals surface area (Å²) in [6, 6.07) is 41.6. The van der Waals surface area contributed by atoms with E-state index in [4.69, 9.17) is 4.74 Å². The van der Waals surface area contributed by atoms with Crippen LogP contribution in [0.25, 0.3) is 27.6 Å². The molecule has 0 spiro atoms. The SMILES string of the molecule is O=C(NC1=C(c2ccc(C(F)(F)F)cc2)NC(c2ccc(-c3ccc4ccccc4c3)cc2)(c2ccccc2O)O1)c1ccccc1. The third-order valence-corrected chi connectivity index (χ3v) is 8.20. The van der Waals surface area contributed by atoms with E-state index >= 15 is 0 Å². The van der Waals surface area contributed by atoms with Crippen LogP contribution in [0.4, 0.5) is 13.2 Å². The molecular weight excluding hydrogens is 601 g/mol. The number of nitrogens with one attached hydrogen (secondary N) is 2. The van der Waals surface area contributed by atoms with Gasteiger partial charge in [-0.1, -0.05) is 103 Å². The largest absolute Gasteiger partial charge is 0.507 e. The van der Waals surface area contributed by atoms with Crippen molar-refractivity contribution in [2.45, 2.75) is 11.9 Å². The van der Waals surface area contributed by atoms with Crippen LogP contribution in [0.15, 0.2) is 151 Å². The summed E-state index contributed by atoms with van der Waals surface area (Å²) < 4.78 is 46.9. The van der Waals surface area contributed by atoms with E-state index in [1.54, 1.807) is 48.5 Å². The van der Waals surface area contributed by atoms with Gasteiger partial charge < -0.3 is 15.2 Å². The minimum Gasteiger partial charge on any atom is -0.507 e. The molecule has 1 amide bonds. The molecule has 1 aliphatic rings. The third kappa shape index (κ3) is 5.66. The first-order valence-corrected chi connectivity index (χ1v) is 14.8. The molecule has 5 nitrogen and oxygen atoms in total. The number of halogens is 3. The minimum atomic E-state index is -4.52. The van der Waals surface area contributed by atoms with Gasteiger partial charge in [-0.2, -0.15) is 13.2 Å². The molecule has 1 unspecified atom stereocenters. The van der Waals surface area contributed by atoms with E-state index in [-0.39, 0.29) is 17.3 Å².